The molecule has 0 saturated heterocycles. The summed E-state index contributed by atoms with van der Waals surface area (Å²) < 4.78 is 0. The first-order chi connectivity index (χ1) is 9.20. The van der Waals surface area contributed by atoms with E-state index in [1.807, 2.05) is 12.1 Å². The molecule has 1 aromatic rings. The molecular weight excluding hydrogens is 236 g/mol. The molecule has 2 rings (SSSR count). The third-order valence-corrected chi connectivity index (χ3v) is 4.24. The topological polar surface area (TPSA) is 55.1 Å². The molecule has 3 heteroatoms. The van der Waals surface area contributed by atoms with Crippen molar-refractivity contribution in [1.82, 2.24) is 5.32 Å². The van der Waals surface area contributed by atoms with Gasteiger partial charge in [-0.1, -0.05) is 38.3 Å². The van der Waals surface area contributed by atoms with Crippen LogP contribution in [0.2, 0.25) is 0 Å². The standard InChI is InChI=1S/C16H24N2O/c1-2-13-5-3-4-6-15(13)18-11-12-7-9-14(10-8-12)16(17)19/h7-10,13,15,18H,2-6,11H2,1H3,(H2,17,19). The van der Waals surface area contributed by atoms with Crippen molar-refractivity contribution in [3.63, 3.8) is 0 Å². The van der Waals surface area contributed by atoms with Crippen LogP contribution in [0.5, 0.6) is 0 Å². The summed E-state index contributed by atoms with van der Waals surface area (Å²) in [5.41, 5.74) is 7.03. The Labute approximate surface area is 115 Å². The summed E-state index contributed by atoms with van der Waals surface area (Å²) in [6.45, 7) is 3.16. The second kappa shape index (κ2) is 6.71. The van der Waals surface area contributed by atoms with Gasteiger partial charge in [0.1, 0.15) is 0 Å². The fraction of sp³-hybridized carbons (Fsp3) is 0.562. The summed E-state index contributed by atoms with van der Waals surface area (Å²) in [6.07, 6.45) is 6.63. The molecule has 19 heavy (non-hydrogen) atoms. The number of carbonyl (C=O) groups is 1. The molecule has 3 nitrogen and oxygen atoms in total. The van der Waals surface area contributed by atoms with Gasteiger partial charge in [-0.15, -0.1) is 0 Å². The van der Waals surface area contributed by atoms with Crippen molar-refractivity contribution in [1.29, 1.82) is 0 Å². The molecule has 3 N–H and O–H groups in total. The Morgan fingerprint density at radius 3 is 2.58 bits per heavy atom. The number of hydrogen-bond acceptors (Lipinski definition) is 2. The van der Waals surface area contributed by atoms with Gasteiger partial charge in [-0.3, -0.25) is 4.79 Å². The average Bonchev–Trinajstić information content (AvgIpc) is 2.45. The molecule has 1 amide bonds. The smallest absolute Gasteiger partial charge is 0.248 e. The number of nitrogens with two attached hydrogens (primary N) is 1. The molecule has 104 valence electrons. The molecule has 1 aliphatic carbocycles. The number of hydrogen-bond donors (Lipinski definition) is 2. The molecule has 0 heterocycles. The van der Waals surface area contributed by atoms with E-state index in [2.05, 4.69) is 12.2 Å². The quantitative estimate of drug-likeness (QED) is 0.855. The maximum atomic E-state index is 11.0. The Morgan fingerprint density at radius 2 is 1.95 bits per heavy atom. The van der Waals surface area contributed by atoms with Crippen LogP contribution in [0.15, 0.2) is 24.3 Å². The number of carbonyl (C=O) groups excluding carboxylic acids is 1. The van der Waals surface area contributed by atoms with Gasteiger partial charge in [-0.05, 0) is 36.5 Å². The molecule has 2 atom stereocenters. The van der Waals surface area contributed by atoms with E-state index in [1.54, 1.807) is 12.1 Å². The second-order valence-corrected chi connectivity index (χ2v) is 5.50. The highest BCUT2D eigenvalue weighted by Gasteiger charge is 2.22. The van der Waals surface area contributed by atoms with Crippen molar-refractivity contribution in [2.24, 2.45) is 11.7 Å². The van der Waals surface area contributed by atoms with Gasteiger partial charge in [-0.2, -0.15) is 0 Å². The van der Waals surface area contributed by atoms with Crippen molar-refractivity contribution in [3.05, 3.63) is 35.4 Å². The molecule has 1 aromatic carbocycles. The Bertz CT molecular complexity index is 413. The van der Waals surface area contributed by atoms with Gasteiger partial charge in [0.05, 0.1) is 0 Å². The van der Waals surface area contributed by atoms with Crippen LogP contribution >= 0.6 is 0 Å². The fourth-order valence-corrected chi connectivity index (χ4v) is 3.00. The first-order valence-electron chi connectivity index (χ1n) is 7.33. The Balaban J connectivity index is 1.88. The highest BCUT2D eigenvalue weighted by atomic mass is 16.1. The maximum absolute atomic E-state index is 11.0. The highest BCUT2D eigenvalue weighted by molar-refractivity contribution is 5.92. The van der Waals surface area contributed by atoms with Gasteiger partial charge < -0.3 is 11.1 Å². The van der Waals surface area contributed by atoms with Crippen molar-refractivity contribution in [3.8, 4) is 0 Å². The normalized spacial score (nSPS) is 23.2. The zero-order valence-corrected chi connectivity index (χ0v) is 11.7. The van der Waals surface area contributed by atoms with Crippen LogP contribution in [0.25, 0.3) is 0 Å². The van der Waals surface area contributed by atoms with E-state index in [0.717, 1.165) is 12.5 Å². The van der Waals surface area contributed by atoms with Gasteiger partial charge in [0, 0.05) is 18.2 Å². The van der Waals surface area contributed by atoms with Crippen LogP contribution in [0, 0.1) is 5.92 Å². The molecule has 0 aromatic heterocycles. The molecule has 0 spiro atoms. The molecule has 0 radical (unpaired) electrons. The predicted octanol–water partition coefficient (Wildman–Crippen LogP) is 2.84. The third-order valence-electron chi connectivity index (χ3n) is 4.24. The van der Waals surface area contributed by atoms with Crippen molar-refractivity contribution < 1.29 is 4.79 Å². The summed E-state index contributed by atoms with van der Waals surface area (Å²) in [7, 11) is 0. The Hall–Kier alpha value is -1.35. The van der Waals surface area contributed by atoms with Gasteiger partial charge in [-0.25, -0.2) is 0 Å². The minimum Gasteiger partial charge on any atom is -0.366 e. The van der Waals surface area contributed by atoms with E-state index in [-0.39, 0.29) is 5.91 Å². The van der Waals surface area contributed by atoms with E-state index in [1.165, 1.54) is 37.7 Å². The van der Waals surface area contributed by atoms with Crippen LogP contribution in [0.1, 0.15) is 54.9 Å². The molecule has 1 aliphatic rings. The lowest BCUT2D eigenvalue weighted by molar-refractivity contribution is 0.100. The summed E-state index contributed by atoms with van der Waals surface area (Å²) >= 11 is 0. The molecule has 1 saturated carbocycles. The van der Waals surface area contributed by atoms with Crippen LogP contribution in [0.4, 0.5) is 0 Å². The summed E-state index contributed by atoms with van der Waals surface area (Å²) in [5.74, 6) is 0.455. The summed E-state index contributed by atoms with van der Waals surface area (Å²) in [6, 6.07) is 8.22. The molecule has 2 unspecified atom stereocenters. The van der Waals surface area contributed by atoms with E-state index in [4.69, 9.17) is 5.73 Å². The third kappa shape index (κ3) is 3.80. The molecular formula is C16H24N2O. The maximum Gasteiger partial charge on any atom is 0.248 e. The number of amides is 1. The largest absolute Gasteiger partial charge is 0.366 e. The lowest BCUT2D eigenvalue weighted by atomic mass is 9.83. The number of rotatable bonds is 5. The average molecular weight is 260 g/mol. The van der Waals surface area contributed by atoms with Gasteiger partial charge in [0.15, 0.2) is 0 Å². The van der Waals surface area contributed by atoms with Crippen LogP contribution in [0.3, 0.4) is 0 Å². The first kappa shape index (κ1) is 14.1. The zero-order valence-electron chi connectivity index (χ0n) is 11.7. The lowest BCUT2D eigenvalue weighted by Crippen LogP contribution is -2.37. The van der Waals surface area contributed by atoms with Gasteiger partial charge in [0.25, 0.3) is 0 Å². The number of nitrogens with one attached hydrogen (secondary N) is 1. The predicted molar refractivity (Wildman–Crippen MR) is 77.8 cm³/mol. The SMILES string of the molecule is CCC1CCCCC1NCc1ccc(C(N)=O)cc1. The number of primary amides is 1. The Kier molecular flexibility index (Phi) is 4.97. The van der Waals surface area contributed by atoms with Crippen LogP contribution in [-0.4, -0.2) is 11.9 Å². The summed E-state index contributed by atoms with van der Waals surface area (Å²) in [4.78, 5) is 11.0. The van der Waals surface area contributed by atoms with Gasteiger partial charge in [0.2, 0.25) is 5.91 Å². The van der Waals surface area contributed by atoms with E-state index < -0.39 is 0 Å². The molecule has 1 fully saturated rings. The van der Waals surface area contributed by atoms with Crippen LogP contribution in [-0.2, 0) is 6.54 Å². The summed E-state index contributed by atoms with van der Waals surface area (Å²) in [5, 5.41) is 3.67. The zero-order chi connectivity index (χ0) is 13.7. The molecule has 0 aliphatic heterocycles. The van der Waals surface area contributed by atoms with Crippen LogP contribution < -0.4 is 11.1 Å². The van der Waals surface area contributed by atoms with E-state index >= 15 is 0 Å². The highest BCUT2D eigenvalue weighted by Crippen LogP contribution is 2.26. The Morgan fingerprint density at radius 1 is 1.26 bits per heavy atom. The van der Waals surface area contributed by atoms with Crippen molar-refractivity contribution in [2.75, 3.05) is 0 Å². The lowest BCUT2D eigenvalue weighted by Gasteiger charge is -2.31. The minimum atomic E-state index is -0.363. The fourth-order valence-electron chi connectivity index (χ4n) is 3.00. The molecule has 0 bridgehead atoms. The second-order valence-electron chi connectivity index (χ2n) is 5.50. The minimum absolute atomic E-state index is 0.363. The van der Waals surface area contributed by atoms with Gasteiger partial charge >= 0.3 is 0 Å². The van der Waals surface area contributed by atoms with E-state index in [9.17, 15) is 4.79 Å². The van der Waals surface area contributed by atoms with Crippen molar-refractivity contribution >= 4 is 5.91 Å². The van der Waals surface area contributed by atoms with Crippen molar-refractivity contribution in [2.45, 2.75) is 51.6 Å². The monoisotopic (exact) mass is 260 g/mol. The number of benzene rings is 1. The first-order valence-corrected chi connectivity index (χ1v) is 7.33. The van der Waals surface area contributed by atoms with E-state index in [0.29, 0.717) is 11.6 Å².